The highest BCUT2D eigenvalue weighted by atomic mass is 35.5. The van der Waals surface area contributed by atoms with Crippen LogP contribution in [0.1, 0.15) is 31.4 Å². The molecule has 0 saturated carbocycles. The predicted octanol–water partition coefficient (Wildman–Crippen LogP) is 4.48. The Kier molecular flexibility index (Phi) is 5.79. The van der Waals surface area contributed by atoms with Crippen LogP contribution in [0.3, 0.4) is 0 Å². The molecule has 1 fully saturated rings. The van der Waals surface area contributed by atoms with Crippen molar-refractivity contribution in [3.05, 3.63) is 69.7 Å². The van der Waals surface area contributed by atoms with Gasteiger partial charge in [0.15, 0.2) is 5.60 Å². The van der Waals surface area contributed by atoms with E-state index in [-0.39, 0.29) is 13.0 Å². The largest absolute Gasteiger partial charge is 0.466 e. The molecule has 5 nitrogen and oxygen atoms in total. The average Bonchev–Trinajstić information content (AvgIpc) is 2.63. The second-order valence-corrected chi connectivity index (χ2v) is 7.44. The zero-order valence-corrected chi connectivity index (χ0v) is 16.5. The second kappa shape index (κ2) is 7.78. The molecule has 0 aliphatic carbocycles. The zero-order chi connectivity index (χ0) is 19.7. The van der Waals surface area contributed by atoms with Crippen molar-refractivity contribution in [3.8, 4) is 0 Å². The number of ether oxygens (including phenoxy) is 1. The van der Waals surface area contributed by atoms with Gasteiger partial charge in [0.25, 0.3) is 0 Å². The van der Waals surface area contributed by atoms with Gasteiger partial charge in [-0.05, 0) is 49.2 Å². The maximum absolute atomic E-state index is 12.5. The van der Waals surface area contributed by atoms with Crippen molar-refractivity contribution in [3.63, 3.8) is 0 Å². The van der Waals surface area contributed by atoms with Crippen LogP contribution in [0.15, 0.2) is 48.5 Å². The molecule has 27 heavy (non-hydrogen) atoms. The molecule has 0 radical (unpaired) electrons. The highest BCUT2D eigenvalue weighted by Gasteiger charge is 2.54. The summed E-state index contributed by atoms with van der Waals surface area (Å²) in [4.78, 5) is 23.6. The molecular formula is C20H20Cl2O5. The summed E-state index contributed by atoms with van der Waals surface area (Å²) in [5.74, 6) is -3.34. The van der Waals surface area contributed by atoms with Gasteiger partial charge >= 0.3 is 5.97 Å². The van der Waals surface area contributed by atoms with E-state index >= 15 is 0 Å². The third kappa shape index (κ3) is 3.98. The molecule has 0 aromatic heterocycles. The molecule has 0 unspecified atom stereocenters. The molecule has 1 aliphatic rings. The number of hydrogen-bond acceptors (Lipinski definition) is 5. The monoisotopic (exact) mass is 410 g/mol. The molecule has 1 heterocycles. The Labute approximate surface area is 167 Å². The van der Waals surface area contributed by atoms with E-state index in [2.05, 4.69) is 0 Å². The maximum Gasteiger partial charge on any atom is 0.314 e. The van der Waals surface area contributed by atoms with E-state index < -0.39 is 23.3 Å². The molecule has 3 rings (SSSR count). The summed E-state index contributed by atoms with van der Waals surface area (Å²) >= 11 is 12.0. The van der Waals surface area contributed by atoms with Gasteiger partial charge in [0.2, 0.25) is 5.79 Å². The molecule has 144 valence electrons. The Morgan fingerprint density at radius 3 is 2.00 bits per heavy atom. The Hall–Kier alpha value is -1.63. The van der Waals surface area contributed by atoms with E-state index in [0.717, 1.165) is 11.1 Å². The fourth-order valence-electron chi connectivity index (χ4n) is 3.21. The minimum atomic E-state index is -1.82. The highest BCUT2D eigenvalue weighted by Crippen LogP contribution is 2.47. The van der Waals surface area contributed by atoms with Crippen LogP contribution < -0.4 is 0 Å². The van der Waals surface area contributed by atoms with E-state index in [0.29, 0.717) is 10.0 Å². The summed E-state index contributed by atoms with van der Waals surface area (Å²) in [7, 11) is 0. The van der Waals surface area contributed by atoms with Gasteiger partial charge in [-0.15, -0.1) is 0 Å². The number of halogens is 2. The number of hydrogen-bond donors (Lipinski definition) is 1. The number of carbonyl (C=O) groups excluding carboxylic acids is 1. The van der Waals surface area contributed by atoms with Gasteiger partial charge < -0.3 is 9.84 Å². The van der Waals surface area contributed by atoms with Gasteiger partial charge in [-0.2, -0.15) is 4.89 Å². The lowest BCUT2D eigenvalue weighted by Crippen LogP contribution is -2.53. The van der Waals surface area contributed by atoms with Crippen molar-refractivity contribution in [2.24, 2.45) is 5.92 Å². The summed E-state index contributed by atoms with van der Waals surface area (Å²) in [6.07, 6.45) is 0.113. The topological polar surface area (TPSA) is 65.0 Å². The first-order valence-corrected chi connectivity index (χ1v) is 9.32. The first-order valence-electron chi connectivity index (χ1n) is 8.56. The minimum absolute atomic E-state index is 0.113. The molecule has 7 heteroatoms. The van der Waals surface area contributed by atoms with Crippen LogP contribution in [0.25, 0.3) is 0 Å². The van der Waals surface area contributed by atoms with Crippen molar-refractivity contribution in [1.29, 1.82) is 0 Å². The van der Waals surface area contributed by atoms with Crippen molar-refractivity contribution in [1.82, 2.24) is 0 Å². The Morgan fingerprint density at radius 1 is 1.07 bits per heavy atom. The number of aliphatic hydroxyl groups is 1. The van der Waals surface area contributed by atoms with Crippen LogP contribution >= 0.6 is 23.2 Å². The number of rotatable bonds is 4. The lowest BCUT2D eigenvalue weighted by atomic mass is 9.76. The Bertz CT molecular complexity index is 757. The van der Waals surface area contributed by atoms with E-state index in [1.165, 1.54) is 6.92 Å². The molecule has 1 saturated heterocycles. The lowest BCUT2D eigenvalue weighted by molar-refractivity contribution is -0.489. The van der Waals surface area contributed by atoms with Crippen molar-refractivity contribution in [2.75, 3.05) is 6.61 Å². The molecule has 0 bridgehead atoms. The van der Waals surface area contributed by atoms with Crippen LogP contribution in [-0.4, -0.2) is 23.5 Å². The van der Waals surface area contributed by atoms with Crippen LogP contribution in [0, 0.1) is 5.92 Å². The van der Waals surface area contributed by atoms with Crippen LogP contribution in [0.2, 0.25) is 10.0 Å². The molecule has 1 aliphatic heterocycles. The van der Waals surface area contributed by atoms with Crippen molar-refractivity contribution >= 4 is 29.2 Å². The van der Waals surface area contributed by atoms with Gasteiger partial charge in [-0.3, -0.25) is 4.79 Å². The number of benzene rings is 2. The molecule has 1 N–H and O–H groups in total. The molecule has 0 spiro atoms. The fourth-order valence-corrected chi connectivity index (χ4v) is 3.46. The molecule has 2 aromatic rings. The maximum atomic E-state index is 12.5. The highest BCUT2D eigenvalue weighted by molar-refractivity contribution is 6.30. The minimum Gasteiger partial charge on any atom is -0.466 e. The van der Waals surface area contributed by atoms with Crippen molar-refractivity contribution < 1.29 is 24.4 Å². The number of carbonyl (C=O) groups is 1. The van der Waals surface area contributed by atoms with Gasteiger partial charge in [0.05, 0.1) is 6.61 Å². The van der Waals surface area contributed by atoms with E-state index in [1.807, 2.05) is 0 Å². The molecule has 2 atom stereocenters. The van der Waals surface area contributed by atoms with Crippen LogP contribution in [0.4, 0.5) is 0 Å². The smallest absolute Gasteiger partial charge is 0.314 e. The van der Waals surface area contributed by atoms with E-state index in [4.69, 9.17) is 37.7 Å². The molecule has 2 aromatic carbocycles. The van der Waals surface area contributed by atoms with Crippen LogP contribution in [-0.2, 0) is 24.9 Å². The summed E-state index contributed by atoms with van der Waals surface area (Å²) in [5, 5.41) is 11.7. The summed E-state index contributed by atoms with van der Waals surface area (Å²) in [6, 6.07) is 14.1. The average molecular weight is 411 g/mol. The quantitative estimate of drug-likeness (QED) is 0.594. The Morgan fingerprint density at radius 2 is 1.56 bits per heavy atom. The van der Waals surface area contributed by atoms with Gasteiger partial charge in [0.1, 0.15) is 5.92 Å². The normalized spacial score (nSPS) is 24.4. The van der Waals surface area contributed by atoms with E-state index in [9.17, 15) is 9.90 Å². The third-order valence-electron chi connectivity index (χ3n) is 4.68. The predicted molar refractivity (Wildman–Crippen MR) is 101 cm³/mol. The van der Waals surface area contributed by atoms with Gasteiger partial charge in [0, 0.05) is 16.5 Å². The molecule has 0 amide bonds. The van der Waals surface area contributed by atoms with Gasteiger partial charge in [-0.1, -0.05) is 47.5 Å². The SMILES string of the molecule is CCOC(=O)[C@H]1CC(c2ccc(Cl)cc2)(c2ccc(Cl)cc2)OO[C@@]1(C)O. The Balaban J connectivity index is 2.11. The standard InChI is InChI=1S/C20H20Cl2O5/c1-3-25-18(23)17-12-20(27-26-19(17,2)24,13-4-8-15(21)9-5-13)14-6-10-16(22)11-7-14/h4-11,17,24H,3,12H2,1-2H3/t17-,19-/m1/s1. The number of esters is 1. The van der Waals surface area contributed by atoms with Crippen molar-refractivity contribution in [2.45, 2.75) is 31.7 Å². The second-order valence-electron chi connectivity index (χ2n) is 6.57. The third-order valence-corrected chi connectivity index (χ3v) is 5.19. The summed E-state index contributed by atoms with van der Waals surface area (Å²) in [5.41, 5.74) is 0.299. The lowest BCUT2D eigenvalue weighted by Gasteiger charge is -2.45. The summed E-state index contributed by atoms with van der Waals surface area (Å²) in [6.45, 7) is 3.28. The van der Waals surface area contributed by atoms with Crippen LogP contribution in [0.5, 0.6) is 0 Å². The summed E-state index contributed by atoms with van der Waals surface area (Å²) < 4.78 is 5.14. The molecular weight excluding hydrogens is 391 g/mol. The first kappa shape index (κ1) is 20.1. The zero-order valence-electron chi connectivity index (χ0n) is 14.9. The van der Waals surface area contributed by atoms with E-state index in [1.54, 1.807) is 55.5 Å². The first-order chi connectivity index (χ1) is 12.8. The van der Waals surface area contributed by atoms with Gasteiger partial charge in [-0.25, -0.2) is 4.89 Å². The fraction of sp³-hybridized carbons (Fsp3) is 0.350.